The summed E-state index contributed by atoms with van der Waals surface area (Å²) < 4.78 is 1.92. The molecule has 0 fully saturated rings. The van der Waals surface area contributed by atoms with Gasteiger partial charge in [0.25, 0.3) is 0 Å². The lowest BCUT2D eigenvalue weighted by Gasteiger charge is -2.32. The first-order valence-electron chi connectivity index (χ1n) is 6.06. The SMILES string of the molecule is C=CCNC(=S)N[C@H](Cn1cccn1)C(C)(C)C. The van der Waals surface area contributed by atoms with Crippen LogP contribution in [0.15, 0.2) is 31.1 Å². The van der Waals surface area contributed by atoms with Gasteiger partial charge in [0.1, 0.15) is 0 Å². The van der Waals surface area contributed by atoms with Crippen LogP contribution in [0.25, 0.3) is 0 Å². The predicted octanol–water partition coefficient (Wildman–Crippen LogP) is 1.95. The van der Waals surface area contributed by atoms with Crippen LogP contribution in [0.1, 0.15) is 20.8 Å². The topological polar surface area (TPSA) is 41.9 Å². The number of thiocarbonyl (C=S) groups is 1. The molecule has 1 heterocycles. The molecule has 0 saturated carbocycles. The van der Waals surface area contributed by atoms with Crippen molar-refractivity contribution >= 4 is 17.3 Å². The van der Waals surface area contributed by atoms with Crippen molar-refractivity contribution in [3.05, 3.63) is 31.1 Å². The average molecular weight is 266 g/mol. The van der Waals surface area contributed by atoms with Gasteiger partial charge in [-0.1, -0.05) is 26.8 Å². The third-order valence-electron chi connectivity index (χ3n) is 2.69. The van der Waals surface area contributed by atoms with Gasteiger partial charge in [-0.15, -0.1) is 6.58 Å². The van der Waals surface area contributed by atoms with Crippen LogP contribution in [-0.4, -0.2) is 27.5 Å². The Morgan fingerprint density at radius 1 is 1.56 bits per heavy atom. The fourth-order valence-electron chi connectivity index (χ4n) is 1.51. The van der Waals surface area contributed by atoms with E-state index in [0.29, 0.717) is 11.7 Å². The number of nitrogens with one attached hydrogen (secondary N) is 2. The lowest BCUT2D eigenvalue weighted by Crippen LogP contribution is -2.50. The zero-order valence-corrected chi connectivity index (χ0v) is 12.1. The number of hydrogen-bond donors (Lipinski definition) is 2. The monoisotopic (exact) mass is 266 g/mol. The number of rotatable bonds is 5. The third kappa shape index (κ3) is 4.87. The van der Waals surface area contributed by atoms with E-state index < -0.39 is 0 Å². The van der Waals surface area contributed by atoms with Gasteiger partial charge in [-0.05, 0) is 23.7 Å². The van der Waals surface area contributed by atoms with E-state index in [9.17, 15) is 0 Å². The van der Waals surface area contributed by atoms with E-state index in [1.54, 1.807) is 12.3 Å². The molecule has 1 aromatic heterocycles. The summed E-state index contributed by atoms with van der Waals surface area (Å²) in [5, 5.41) is 11.3. The molecular formula is C13H22N4S. The van der Waals surface area contributed by atoms with Gasteiger partial charge in [-0.3, -0.25) is 4.68 Å². The van der Waals surface area contributed by atoms with Gasteiger partial charge in [0.05, 0.1) is 12.6 Å². The highest BCUT2D eigenvalue weighted by Crippen LogP contribution is 2.20. The van der Waals surface area contributed by atoms with Crippen LogP contribution in [0.3, 0.4) is 0 Å². The first-order chi connectivity index (χ1) is 8.43. The maximum Gasteiger partial charge on any atom is 0.166 e. The van der Waals surface area contributed by atoms with Crippen LogP contribution in [0.5, 0.6) is 0 Å². The Balaban J connectivity index is 2.62. The van der Waals surface area contributed by atoms with Crippen LogP contribution in [0.2, 0.25) is 0 Å². The lowest BCUT2D eigenvalue weighted by atomic mass is 9.87. The van der Waals surface area contributed by atoms with E-state index in [0.717, 1.165) is 6.54 Å². The quantitative estimate of drug-likeness (QED) is 0.631. The molecule has 0 bridgehead atoms. The first kappa shape index (κ1) is 14.7. The molecule has 1 atom stereocenters. The van der Waals surface area contributed by atoms with E-state index in [2.05, 4.69) is 43.1 Å². The van der Waals surface area contributed by atoms with E-state index in [-0.39, 0.29) is 11.5 Å². The van der Waals surface area contributed by atoms with E-state index in [1.165, 1.54) is 0 Å². The number of nitrogens with zero attached hydrogens (tertiary/aromatic N) is 2. The second kappa shape index (κ2) is 6.54. The second-order valence-electron chi connectivity index (χ2n) is 5.29. The summed E-state index contributed by atoms with van der Waals surface area (Å²) in [5.74, 6) is 0. The molecule has 0 spiro atoms. The Morgan fingerprint density at radius 3 is 2.78 bits per heavy atom. The van der Waals surface area contributed by atoms with Gasteiger partial charge < -0.3 is 10.6 Å². The molecule has 0 radical (unpaired) electrons. The Labute approximate surface area is 114 Å². The summed E-state index contributed by atoms with van der Waals surface area (Å²) in [4.78, 5) is 0. The minimum atomic E-state index is 0.0892. The van der Waals surface area contributed by atoms with E-state index in [4.69, 9.17) is 12.2 Å². The molecule has 0 aromatic carbocycles. The van der Waals surface area contributed by atoms with Crippen molar-refractivity contribution < 1.29 is 0 Å². The van der Waals surface area contributed by atoms with Gasteiger partial charge in [-0.2, -0.15) is 5.10 Å². The fraction of sp³-hybridized carbons (Fsp3) is 0.538. The van der Waals surface area contributed by atoms with Crippen LogP contribution in [0, 0.1) is 5.41 Å². The number of hydrogen-bond acceptors (Lipinski definition) is 2. The van der Waals surface area contributed by atoms with Crippen molar-refractivity contribution in [2.75, 3.05) is 6.54 Å². The Bertz CT molecular complexity index is 378. The molecule has 1 rings (SSSR count). The summed E-state index contributed by atoms with van der Waals surface area (Å²) in [6.07, 6.45) is 5.53. The molecule has 0 aliphatic heterocycles. The Hall–Kier alpha value is -1.36. The molecule has 2 N–H and O–H groups in total. The van der Waals surface area contributed by atoms with E-state index in [1.807, 2.05) is 16.9 Å². The molecule has 0 aliphatic carbocycles. The van der Waals surface area contributed by atoms with Gasteiger partial charge in [0, 0.05) is 18.9 Å². The first-order valence-corrected chi connectivity index (χ1v) is 6.47. The highest BCUT2D eigenvalue weighted by molar-refractivity contribution is 7.80. The predicted molar refractivity (Wildman–Crippen MR) is 79.4 cm³/mol. The molecule has 18 heavy (non-hydrogen) atoms. The van der Waals surface area contributed by atoms with Crippen molar-refractivity contribution in [2.45, 2.75) is 33.4 Å². The maximum atomic E-state index is 5.26. The number of aromatic nitrogens is 2. The van der Waals surface area contributed by atoms with Crippen LogP contribution >= 0.6 is 12.2 Å². The Morgan fingerprint density at radius 2 is 2.28 bits per heavy atom. The molecule has 100 valence electrons. The fourth-order valence-corrected chi connectivity index (χ4v) is 1.73. The zero-order valence-electron chi connectivity index (χ0n) is 11.3. The maximum absolute atomic E-state index is 5.26. The van der Waals surface area contributed by atoms with Crippen molar-refractivity contribution in [3.8, 4) is 0 Å². The van der Waals surface area contributed by atoms with Crippen LogP contribution < -0.4 is 10.6 Å². The molecule has 5 heteroatoms. The minimum absolute atomic E-state index is 0.0892. The summed E-state index contributed by atoms with van der Waals surface area (Å²) in [5.41, 5.74) is 0.0892. The van der Waals surface area contributed by atoms with Crippen LogP contribution in [-0.2, 0) is 6.54 Å². The third-order valence-corrected chi connectivity index (χ3v) is 2.95. The summed E-state index contributed by atoms with van der Waals surface area (Å²) in [7, 11) is 0. The molecule has 1 aromatic rings. The summed E-state index contributed by atoms with van der Waals surface area (Å²) in [6, 6.07) is 2.13. The molecule has 0 aliphatic rings. The standard InChI is InChI=1S/C13H22N4S/c1-5-7-14-12(18)16-11(13(2,3)4)10-17-9-6-8-15-17/h5-6,8-9,11H,1,7,10H2,2-4H3,(H2,14,16,18)/t11-/m1/s1. The molecule has 4 nitrogen and oxygen atoms in total. The van der Waals surface area contributed by atoms with Gasteiger partial charge >= 0.3 is 0 Å². The van der Waals surface area contributed by atoms with Crippen molar-refractivity contribution in [1.29, 1.82) is 0 Å². The molecule has 0 unspecified atom stereocenters. The van der Waals surface area contributed by atoms with E-state index >= 15 is 0 Å². The molecule has 0 saturated heterocycles. The lowest BCUT2D eigenvalue weighted by molar-refractivity contribution is 0.260. The highest BCUT2D eigenvalue weighted by atomic mass is 32.1. The Kier molecular flexibility index (Phi) is 5.34. The van der Waals surface area contributed by atoms with Gasteiger partial charge in [-0.25, -0.2) is 0 Å². The highest BCUT2D eigenvalue weighted by Gasteiger charge is 2.25. The van der Waals surface area contributed by atoms with Crippen molar-refractivity contribution in [2.24, 2.45) is 5.41 Å². The zero-order chi connectivity index (χ0) is 13.6. The minimum Gasteiger partial charge on any atom is -0.359 e. The summed E-state index contributed by atoms with van der Waals surface area (Å²) >= 11 is 5.26. The van der Waals surface area contributed by atoms with Crippen LogP contribution in [0.4, 0.5) is 0 Å². The molecule has 0 amide bonds. The second-order valence-corrected chi connectivity index (χ2v) is 5.70. The van der Waals surface area contributed by atoms with Crippen molar-refractivity contribution in [1.82, 2.24) is 20.4 Å². The largest absolute Gasteiger partial charge is 0.359 e. The van der Waals surface area contributed by atoms with Gasteiger partial charge in [0.15, 0.2) is 5.11 Å². The normalized spacial score (nSPS) is 12.8. The summed E-state index contributed by atoms with van der Waals surface area (Å²) in [6.45, 7) is 11.7. The smallest absolute Gasteiger partial charge is 0.166 e. The average Bonchev–Trinajstić information content (AvgIpc) is 2.77. The van der Waals surface area contributed by atoms with Gasteiger partial charge in [0.2, 0.25) is 0 Å². The molecular weight excluding hydrogens is 244 g/mol. The van der Waals surface area contributed by atoms with Crippen molar-refractivity contribution in [3.63, 3.8) is 0 Å².